The first-order valence-electron chi connectivity index (χ1n) is 6.07. The van der Waals surface area contributed by atoms with Gasteiger partial charge in [0, 0.05) is 10.8 Å². The van der Waals surface area contributed by atoms with Crippen LogP contribution in [-0.4, -0.2) is 28.8 Å². The average Bonchev–Trinajstić information content (AvgIpc) is 2.72. The Hall–Kier alpha value is 0.270. The number of hydrogen-bond acceptors (Lipinski definition) is 3. The first-order valence-corrected chi connectivity index (χ1v) is 7.35. The first-order chi connectivity index (χ1) is 7.14. The summed E-state index contributed by atoms with van der Waals surface area (Å²) >= 11 is 1.97. The van der Waals surface area contributed by atoms with Crippen molar-refractivity contribution in [3.63, 3.8) is 0 Å². The maximum atomic E-state index is 9.36. The van der Waals surface area contributed by atoms with Gasteiger partial charge in [-0.25, -0.2) is 0 Å². The van der Waals surface area contributed by atoms with Crippen molar-refractivity contribution in [1.82, 2.24) is 0 Å². The summed E-state index contributed by atoms with van der Waals surface area (Å²) in [5.74, 6) is 0. The van der Waals surface area contributed by atoms with E-state index in [1.807, 2.05) is 11.8 Å². The van der Waals surface area contributed by atoms with Crippen molar-refractivity contribution >= 4 is 11.8 Å². The van der Waals surface area contributed by atoms with Crippen LogP contribution in [0.1, 0.15) is 44.9 Å². The summed E-state index contributed by atoms with van der Waals surface area (Å²) in [5.41, 5.74) is 6.49. The molecule has 0 aromatic heterocycles. The topological polar surface area (TPSA) is 46.2 Å². The highest BCUT2D eigenvalue weighted by Gasteiger charge is 2.48. The van der Waals surface area contributed by atoms with E-state index in [2.05, 4.69) is 6.26 Å². The average molecular weight is 229 g/mol. The molecule has 2 unspecified atom stereocenters. The quantitative estimate of drug-likeness (QED) is 0.762. The van der Waals surface area contributed by atoms with Gasteiger partial charge < -0.3 is 10.8 Å². The van der Waals surface area contributed by atoms with Crippen molar-refractivity contribution in [2.45, 2.75) is 55.7 Å². The largest absolute Gasteiger partial charge is 0.394 e. The minimum Gasteiger partial charge on any atom is -0.394 e. The van der Waals surface area contributed by atoms with Gasteiger partial charge >= 0.3 is 0 Å². The number of aliphatic hydroxyl groups is 1. The molecule has 3 N–H and O–H groups in total. The van der Waals surface area contributed by atoms with Crippen LogP contribution >= 0.6 is 11.8 Å². The Morgan fingerprint density at radius 2 is 1.93 bits per heavy atom. The van der Waals surface area contributed by atoms with Crippen LogP contribution in [-0.2, 0) is 0 Å². The van der Waals surface area contributed by atoms with Crippen LogP contribution in [0.2, 0.25) is 0 Å². The lowest BCUT2D eigenvalue weighted by atomic mass is 9.66. The summed E-state index contributed by atoms with van der Waals surface area (Å²) in [6.45, 7) is 0.153. The molecule has 1 spiro atoms. The minimum atomic E-state index is -0.290. The van der Waals surface area contributed by atoms with Crippen LogP contribution in [0.4, 0.5) is 0 Å². The van der Waals surface area contributed by atoms with E-state index in [4.69, 9.17) is 5.73 Å². The molecule has 0 heterocycles. The maximum absolute atomic E-state index is 9.36. The van der Waals surface area contributed by atoms with Crippen molar-refractivity contribution in [2.24, 2.45) is 11.1 Å². The summed E-state index contributed by atoms with van der Waals surface area (Å²) in [6, 6.07) is 0. The van der Waals surface area contributed by atoms with Crippen LogP contribution < -0.4 is 5.73 Å². The molecule has 88 valence electrons. The van der Waals surface area contributed by atoms with Crippen LogP contribution in [0, 0.1) is 5.41 Å². The highest BCUT2D eigenvalue weighted by atomic mass is 32.2. The monoisotopic (exact) mass is 229 g/mol. The smallest absolute Gasteiger partial charge is 0.0611 e. The Morgan fingerprint density at radius 3 is 2.47 bits per heavy atom. The van der Waals surface area contributed by atoms with Gasteiger partial charge in [-0.05, 0) is 43.8 Å². The van der Waals surface area contributed by atoms with E-state index in [1.54, 1.807) is 0 Å². The zero-order chi connectivity index (χ0) is 10.9. The molecule has 0 aromatic rings. The fraction of sp³-hybridized carbons (Fsp3) is 1.00. The van der Waals surface area contributed by atoms with Gasteiger partial charge in [0.2, 0.25) is 0 Å². The molecule has 0 saturated heterocycles. The van der Waals surface area contributed by atoms with Gasteiger partial charge in [-0.2, -0.15) is 11.8 Å². The second-order valence-corrected chi connectivity index (χ2v) is 6.56. The lowest BCUT2D eigenvalue weighted by Crippen LogP contribution is -2.53. The molecule has 2 nitrogen and oxygen atoms in total. The summed E-state index contributed by atoms with van der Waals surface area (Å²) in [7, 11) is 0. The molecule has 2 rings (SSSR count). The first kappa shape index (κ1) is 11.7. The third-order valence-corrected chi connectivity index (χ3v) is 5.83. The van der Waals surface area contributed by atoms with Crippen molar-refractivity contribution in [3.8, 4) is 0 Å². The minimum absolute atomic E-state index is 0.153. The fourth-order valence-electron chi connectivity index (χ4n) is 3.47. The SMILES string of the molecule is CSC1CC(N)(CO)CCC12CCCC2. The zero-order valence-corrected chi connectivity index (χ0v) is 10.5. The van der Waals surface area contributed by atoms with Gasteiger partial charge in [0.05, 0.1) is 6.61 Å². The summed E-state index contributed by atoms with van der Waals surface area (Å²) in [4.78, 5) is 0. The lowest BCUT2D eigenvalue weighted by molar-refractivity contribution is 0.0947. The molecule has 0 aromatic carbocycles. The number of rotatable bonds is 2. The zero-order valence-electron chi connectivity index (χ0n) is 9.67. The molecular formula is C12H23NOS. The Labute approximate surface area is 97.0 Å². The maximum Gasteiger partial charge on any atom is 0.0611 e. The highest BCUT2D eigenvalue weighted by Crippen LogP contribution is 2.54. The second kappa shape index (κ2) is 4.27. The summed E-state index contributed by atoms with van der Waals surface area (Å²) < 4.78 is 0. The third-order valence-electron chi connectivity index (χ3n) is 4.59. The Balaban J connectivity index is 2.11. The van der Waals surface area contributed by atoms with E-state index in [1.165, 1.54) is 32.1 Å². The highest BCUT2D eigenvalue weighted by molar-refractivity contribution is 7.99. The van der Waals surface area contributed by atoms with E-state index in [0.717, 1.165) is 12.8 Å². The van der Waals surface area contributed by atoms with Crippen LogP contribution in [0.25, 0.3) is 0 Å². The Bertz CT molecular complexity index is 228. The Morgan fingerprint density at radius 1 is 1.27 bits per heavy atom. The van der Waals surface area contributed by atoms with Gasteiger partial charge in [-0.3, -0.25) is 0 Å². The number of nitrogens with two attached hydrogens (primary N) is 1. The summed E-state index contributed by atoms with van der Waals surface area (Å²) in [6.07, 6.45) is 11.0. The van der Waals surface area contributed by atoms with Crippen molar-refractivity contribution in [2.75, 3.05) is 12.9 Å². The van der Waals surface area contributed by atoms with Gasteiger partial charge in [-0.15, -0.1) is 0 Å². The number of aliphatic hydroxyl groups excluding tert-OH is 1. The fourth-order valence-corrected chi connectivity index (χ4v) is 4.83. The van der Waals surface area contributed by atoms with Crippen LogP contribution in [0.5, 0.6) is 0 Å². The normalized spacial score (nSPS) is 39.8. The molecule has 2 aliphatic carbocycles. The van der Waals surface area contributed by atoms with Crippen molar-refractivity contribution in [3.05, 3.63) is 0 Å². The molecule has 15 heavy (non-hydrogen) atoms. The molecule has 2 saturated carbocycles. The van der Waals surface area contributed by atoms with Crippen molar-refractivity contribution < 1.29 is 5.11 Å². The molecule has 3 heteroatoms. The van der Waals surface area contributed by atoms with E-state index >= 15 is 0 Å². The standard InChI is InChI=1S/C12H23NOS/c1-15-10-8-12(13,9-14)7-6-11(10)4-2-3-5-11/h10,14H,2-9,13H2,1H3. The van der Waals surface area contributed by atoms with Crippen LogP contribution in [0.3, 0.4) is 0 Å². The van der Waals surface area contributed by atoms with Crippen molar-refractivity contribution in [1.29, 1.82) is 0 Å². The van der Waals surface area contributed by atoms with Gasteiger partial charge in [-0.1, -0.05) is 12.8 Å². The predicted octanol–water partition coefficient (Wildman–Crippen LogP) is 2.15. The molecule has 0 bridgehead atoms. The summed E-state index contributed by atoms with van der Waals surface area (Å²) in [5, 5.41) is 10.0. The van der Waals surface area contributed by atoms with Gasteiger partial charge in [0.15, 0.2) is 0 Å². The molecule has 2 aliphatic rings. The number of thioether (sulfide) groups is 1. The molecule has 0 aliphatic heterocycles. The van der Waals surface area contributed by atoms with E-state index in [9.17, 15) is 5.11 Å². The number of hydrogen-bond donors (Lipinski definition) is 2. The molecule has 2 fully saturated rings. The second-order valence-electron chi connectivity index (χ2n) is 5.52. The molecule has 0 radical (unpaired) electrons. The molecule has 0 amide bonds. The molecular weight excluding hydrogens is 206 g/mol. The van der Waals surface area contributed by atoms with E-state index in [-0.39, 0.29) is 12.1 Å². The van der Waals surface area contributed by atoms with E-state index in [0.29, 0.717) is 10.7 Å². The van der Waals surface area contributed by atoms with Crippen LogP contribution in [0.15, 0.2) is 0 Å². The predicted molar refractivity (Wildman–Crippen MR) is 66.1 cm³/mol. The molecule has 2 atom stereocenters. The van der Waals surface area contributed by atoms with Gasteiger partial charge in [0.25, 0.3) is 0 Å². The van der Waals surface area contributed by atoms with Gasteiger partial charge in [0.1, 0.15) is 0 Å². The lowest BCUT2D eigenvalue weighted by Gasteiger charge is -2.47. The third kappa shape index (κ3) is 2.06. The van der Waals surface area contributed by atoms with E-state index < -0.39 is 0 Å². The Kier molecular flexibility index (Phi) is 3.34.